The molecule has 0 fully saturated rings. The van der Waals surface area contributed by atoms with Gasteiger partial charge >= 0.3 is 0 Å². The average Bonchev–Trinajstić information content (AvgIpc) is 1.79. The Kier molecular flexibility index (Phi) is 2.06. The minimum atomic E-state index is -1.53. The molecule has 56 valence electrons. The summed E-state index contributed by atoms with van der Waals surface area (Å²) in [5.74, 6) is 0. The first-order chi connectivity index (χ1) is 4.51. The number of aliphatic hydroxyl groups is 2. The summed E-state index contributed by atoms with van der Waals surface area (Å²) >= 11 is 10.9. The predicted octanol–water partition coefficient (Wildman–Crippen LogP) is 0.967. The Morgan fingerprint density at radius 1 is 1.60 bits per heavy atom. The van der Waals surface area contributed by atoms with E-state index in [0.717, 1.165) is 0 Å². The van der Waals surface area contributed by atoms with Gasteiger partial charge in [-0.25, -0.2) is 0 Å². The van der Waals surface area contributed by atoms with Gasteiger partial charge in [0, 0.05) is 0 Å². The predicted molar refractivity (Wildman–Crippen MR) is 39.9 cm³/mol. The molecule has 10 heavy (non-hydrogen) atoms. The van der Waals surface area contributed by atoms with Crippen LogP contribution in [-0.4, -0.2) is 21.4 Å². The average molecular weight is 181 g/mol. The fourth-order valence-corrected chi connectivity index (χ4v) is 1.13. The normalized spacial score (nSPS) is 39.6. The summed E-state index contributed by atoms with van der Waals surface area (Å²) in [5, 5.41) is 16.6. The van der Waals surface area contributed by atoms with Gasteiger partial charge in [0.1, 0.15) is 6.10 Å². The number of aliphatic hydroxyl groups excluding tert-OH is 1. The van der Waals surface area contributed by atoms with Crippen LogP contribution in [0.5, 0.6) is 0 Å². The van der Waals surface area contributed by atoms with Gasteiger partial charge in [-0.2, -0.15) is 0 Å². The SMILES string of the molecule is OC1C=CC(O)(Cl)C=C1Cl. The zero-order chi connectivity index (χ0) is 7.78. The third-order valence-electron chi connectivity index (χ3n) is 1.14. The molecule has 0 amide bonds. The molecule has 1 aliphatic rings. The maximum atomic E-state index is 9.07. The van der Waals surface area contributed by atoms with E-state index in [1.165, 1.54) is 18.2 Å². The first-order valence-corrected chi connectivity index (χ1v) is 3.44. The van der Waals surface area contributed by atoms with E-state index in [0.29, 0.717) is 0 Å². The summed E-state index contributed by atoms with van der Waals surface area (Å²) in [5.41, 5.74) is 0. The lowest BCUT2D eigenvalue weighted by atomic mass is 10.1. The minimum Gasteiger partial charge on any atom is -0.383 e. The highest BCUT2D eigenvalue weighted by Crippen LogP contribution is 2.25. The summed E-state index contributed by atoms with van der Waals surface area (Å²) in [6.07, 6.45) is 2.95. The lowest BCUT2D eigenvalue weighted by Crippen LogP contribution is -2.21. The third-order valence-corrected chi connectivity index (χ3v) is 1.70. The van der Waals surface area contributed by atoms with Crippen LogP contribution in [0.2, 0.25) is 0 Å². The molecule has 0 saturated heterocycles. The minimum absolute atomic E-state index is 0.139. The van der Waals surface area contributed by atoms with Crippen molar-refractivity contribution in [2.45, 2.75) is 11.2 Å². The molecule has 2 N–H and O–H groups in total. The first-order valence-electron chi connectivity index (χ1n) is 2.68. The molecule has 0 saturated carbocycles. The van der Waals surface area contributed by atoms with Crippen molar-refractivity contribution in [2.24, 2.45) is 0 Å². The van der Waals surface area contributed by atoms with Gasteiger partial charge in [-0.15, -0.1) is 0 Å². The third kappa shape index (κ3) is 1.73. The smallest absolute Gasteiger partial charge is 0.178 e. The van der Waals surface area contributed by atoms with E-state index in [1.807, 2.05) is 0 Å². The van der Waals surface area contributed by atoms with E-state index in [1.54, 1.807) is 0 Å². The van der Waals surface area contributed by atoms with Crippen molar-refractivity contribution < 1.29 is 10.2 Å². The Bertz CT molecular complexity index is 196. The number of alkyl halides is 1. The lowest BCUT2D eigenvalue weighted by molar-refractivity contribution is 0.210. The zero-order valence-electron chi connectivity index (χ0n) is 4.96. The summed E-state index contributed by atoms with van der Waals surface area (Å²) in [4.78, 5) is 0. The van der Waals surface area contributed by atoms with Gasteiger partial charge in [-0.3, -0.25) is 0 Å². The van der Waals surface area contributed by atoms with Crippen molar-refractivity contribution in [1.29, 1.82) is 0 Å². The molecule has 0 radical (unpaired) electrons. The molecular formula is C6H6Cl2O2. The molecule has 2 nitrogen and oxygen atoms in total. The summed E-state index contributed by atoms with van der Waals surface area (Å²) in [6, 6.07) is 0. The Labute approximate surface area is 68.4 Å². The van der Waals surface area contributed by atoms with E-state index in [4.69, 9.17) is 33.4 Å². The molecule has 0 spiro atoms. The van der Waals surface area contributed by atoms with Crippen LogP contribution < -0.4 is 0 Å². The Balaban J connectivity index is 2.85. The zero-order valence-corrected chi connectivity index (χ0v) is 6.47. The van der Waals surface area contributed by atoms with E-state index in [9.17, 15) is 0 Å². The quantitative estimate of drug-likeness (QED) is 0.431. The Hall–Kier alpha value is -0.0200. The summed E-state index contributed by atoms with van der Waals surface area (Å²) in [6.45, 7) is 0. The molecule has 0 aromatic heterocycles. The van der Waals surface area contributed by atoms with Gasteiger partial charge in [0.25, 0.3) is 0 Å². The van der Waals surface area contributed by atoms with Gasteiger partial charge in [0.2, 0.25) is 0 Å². The number of rotatable bonds is 0. The van der Waals surface area contributed by atoms with Crippen LogP contribution in [-0.2, 0) is 0 Å². The summed E-state index contributed by atoms with van der Waals surface area (Å²) < 4.78 is 0. The first kappa shape index (κ1) is 8.08. The van der Waals surface area contributed by atoms with E-state index in [-0.39, 0.29) is 5.03 Å². The molecular weight excluding hydrogens is 175 g/mol. The van der Waals surface area contributed by atoms with Crippen LogP contribution in [0.1, 0.15) is 0 Å². The molecule has 0 aromatic rings. The molecule has 0 aromatic carbocycles. The van der Waals surface area contributed by atoms with Crippen molar-refractivity contribution in [3.05, 3.63) is 23.3 Å². The highest BCUT2D eigenvalue weighted by molar-refractivity contribution is 6.32. The molecule has 2 atom stereocenters. The van der Waals surface area contributed by atoms with Crippen LogP contribution in [0.15, 0.2) is 23.3 Å². The number of halogens is 2. The standard InChI is InChI=1S/C6H6Cl2O2/c7-4-3-6(8,10)2-1-5(4)9/h1-3,5,9-10H. The monoisotopic (exact) mass is 180 g/mol. The maximum Gasteiger partial charge on any atom is 0.178 e. The van der Waals surface area contributed by atoms with Crippen LogP contribution in [0.25, 0.3) is 0 Å². The highest BCUT2D eigenvalue weighted by atomic mass is 35.5. The van der Waals surface area contributed by atoms with Gasteiger partial charge < -0.3 is 10.2 Å². The fourth-order valence-electron chi connectivity index (χ4n) is 0.645. The second kappa shape index (κ2) is 2.55. The van der Waals surface area contributed by atoms with E-state index >= 15 is 0 Å². The molecule has 0 aliphatic heterocycles. The second-order valence-electron chi connectivity index (χ2n) is 2.06. The molecule has 2 unspecified atom stereocenters. The summed E-state index contributed by atoms with van der Waals surface area (Å²) in [7, 11) is 0. The molecule has 1 rings (SSSR count). The van der Waals surface area contributed by atoms with Gasteiger partial charge in [0.05, 0.1) is 5.03 Å². The molecule has 0 bridgehead atoms. The second-order valence-corrected chi connectivity index (χ2v) is 3.10. The largest absolute Gasteiger partial charge is 0.383 e. The molecule has 0 heterocycles. The topological polar surface area (TPSA) is 40.5 Å². The van der Waals surface area contributed by atoms with Crippen LogP contribution in [0.4, 0.5) is 0 Å². The fraction of sp³-hybridized carbons (Fsp3) is 0.333. The Morgan fingerprint density at radius 2 is 2.20 bits per heavy atom. The van der Waals surface area contributed by atoms with Gasteiger partial charge in [0.15, 0.2) is 5.06 Å². The van der Waals surface area contributed by atoms with Crippen molar-refractivity contribution in [3.8, 4) is 0 Å². The van der Waals surface area contributed by atoms with Crippen molar-refractivity contribution in [3.63, 3.8) is 0 Å². The van der Waals surface area contributed by atoms with Crippen molar-refractivity contribution >= 4 is 23.2 Å². The molecule has 1 aliphatic carbocycles. The van der Waals surface area contributed by atoms with Crippen LogP contribution >= 0.6 is 23.2 Å². The highest BCUT2D eigenvalue weighted by Gasteiger charge is 2.23. The van der Waals surface area contributed by atoms with E-state index in [2.05, 4.69) is 0 Å². The Morgan fingerprint density at radius 3 is 2.60 bits per heavy atom. The number of hydrogen-bond donors (Lipinski definition) is 2. The maximum absolute atomic E-state index is 9.07. The van der Waals surface area contributed by atoms with Gasteiger partial charge in [-0.05, 0) is 12.2 Å². The number of hydrogen-bond acceptors (Lipinski definition) is 2. The van der Waals surface area contributed by atoms with Gasteiger partial charge in [-0.1, -0.05) is 29.3 Å². The lowest BCUT2D eigenvalue weighted by Gasteiger charge is -2.18. The van der Waals surface area contributed by atoms with Crippen LogP contribution in [0.3, 0.4) is 0 Å². The van der Waals surface area contributed by atoms with Crippen LogP contribution in [0, 0.1) is 0 Å². The van der Waals surface area contributed by atoms with Crippen molar-refractivity contribution in [1.82, 2.24) is 0 Å². The van der Waals surface area contributed by atoms with E-state index < -0.39 is 11.2 Å². The van der Waals surface area contributed by atoms with Crippen molar-refractivity contribution in [2.75, 3.05) is 0 Å². The molecule has 4 heteroatoms.